The summed E-state index contributed by atoms with van der Waals surface area (Å²) < 4.78 is 5.57. The predicted molar refractivity (Wildman–Crippen MR) is 68.3 cm³/mol. The van der Waals surface area contributed by atoms with Gasteiger partial charge in [0.15, 0.2) is 0 Å². The van der Waals surface area contributed by atoms with E-state index in [1.807, 2.05) is 36.4 Å². The summed E-state index contributed by atoms with van der Waals surface area (Å²) in [5, 5.41) is 8.73. The Morgan fingerprint density at radius 2 is 1.83 bits per heavy atom. The summed E-state index contributed by atoms with van der Waals surface area (Å²) in [5.41, 5.74) is 8.76. The molecule has 2 N–H and O–H groups in total. The molecule has 4 heteroatoms. The third kappa shape index (κ3) is 3.30. The summed E-state index contributed by atoms with van der Waals surface area (Å²) in [6.07, 6.45) is 1.61. The number of nitrogen functional groups attached to an aromatic ring is 1. The third-order valence-corrected chi connectivity index (χ3v) is 2.46. The highest BCUT2D eigenvalue weighted by atomic mass is 16.5. The summed E-state index contributed by atoms with van der Waals surface area (Å²) in [6.45, 7) is 0.978. The number of pyridine rings is 1. The lowest BCUT2D eigenvalue weighted by Gasteiger charge is -2.05. The van der Waals surface area contributed by atoms with Gasteiger partial charge in [0.25, 0.3) is 0 Å². The van der Waals surface area contributed by atoms with E-state index in [0.29, 0.717) is 18.9 Å². The highest BCUT2D eigenvalue weighted by Gasteiger charge is 1.98. The van der Waals surface area contributed by atoms with Gasteiger partial charge in [0, 0.05) is 11.9 Å². The van der Waals surface area contributed by atoms with Crippen LogP contribution in [-0.2, 0) is 18.0 Å². The molecule has 0 fully saturated rings. The van der Waals surface area contributed by atoms with Crippen LogP contribution in [0.4, 0.5) is 5.69 Å². The maximum absolute atomic E-state index is 8.73. The van der Waals surface area contributed by atoms with E-state index in [2.05, 4.69) is 4.98 Å². The zero-order valence-corrected chi connectivity index (χ0v) is 9.84. The number of benzene rings is 1. The van der Waals surface area contributed by atoms with Gasteiger partial charge < -0.3 is 10.5 Å². The van der Waals surface area contributed by atoms with E-state index >= 15 is 0 Å². The van der Waals surface area contributed by atoms with Crippen molar-refractivity contribution < 1.29 is 4.74 Å². The molecular formula is C14H13N3O. The van der Waals surface area contributed by atoms with Crippen LogP contribution < -0.4 is 5.73 Å². The van der Waals surface area contributed by atoms with E-state index in [1.54, 1.807) is 12.3 Å². The molecule has 0 saturated carbocycles. The molecule has 0 aliphatic rings. The number of rotatable bonds is 4. The van der Waals surface area contributed by atoms with Crippen LogP contribution in [0.3, 0.4) is 0 Å². The summed E-state index contributed by atoms with van der Waals surface area (Å²) >= 11 is 0. The van der Waals surface area contributed by atoms with Crippen molar-refractivity contribution in [3.05, 3.63) is 59.4 Å². The lowest BCUT2D eigenvalue weighted by Crippen LogP contribution is -1.96. The Morgan fingerprint density at radius 3 is 2.56 bits per heavy atom. The highest BCUT2D eigenvalue weighted by Crippen LogP contribution is 2.09. The maximum atomic E-state index is 8.73. The lowest BCUT2D eigenvalue weighted by atomic mass is 10.2. The minimum Gasteiger partial charge on any atom is -0.399 e. The van der Waals surface area contributed by atoms with Crippen molar-refractivity contribution in [3.8, 4) is 6.07 Å². The molecule has 0 bridgehead atoms. The number of nitriles is 1. The molecule has 18 heavy (non-hydrogen) atoms. The van der Waals surface area contributed by atoms with E-state index < -0.39 is 0 Å². The molecule has 2 aromatic rings. The SMILES string of the molecule is N#Cc1cc(COCc2ccc(N)cc2)ccn1. The largest absolute Gasteiger partial charge is 0.399 e. The molecule has 0 unspecified atom stereocenters. The van der Waals surface area contributed by atoms with E-state index in [0.717, 1.165) is 16.8 Å². The average Bonchev–Trinajstić information content (AvgIpc) is 2.41. The minimum atomic E-state index is 0.406. The fourth-order valence-electron chi connectivity index (χ4n) is 1.53. The van der Waals surface area contributed by atoms with Crippen molar-refractivity contribution >= 4 is 5.69 Å². The molecule has 0 radical (unpaired) electrons. The molecule has 0 atom stereocenters. The van der Waals surface area contributed by atoms with E-state index in [4.69, 9.17) is 15.7 Å². The number of anilines is 1. The molecule has 0 aliphatic heterocycles. The normalized spacial score (nSPS) is 9.94. The second-order valence-corrected chi connectivity index (χ2v) is 3.90. The zero-order chi connectivity index (χ0) is 12.8. The maximum Gasteiger partial charge on any atom is 0.140 e. The van der Waals surface area contributed by atoms with Gasteiger partial charge in [-0.05, 0) is 35.4 Å². The van der Waals surface area contributed by atoms with E-state index in [1.165, 1.54) is 0 Å². The molecule has 1 aromatic carbocycles. The molecule has 0 saturated heterocycles. The van der Waals surface area contributed by atoms with Crippen molar-refractivity contribution in [1.29, 1.82) is 5.26 Å². The van der Waals surface area contributed by atoms with Gasteiger partial charge in [-0.2, -0.15) is 5.26 Å². The van der Waals surface area contributed by atoms with E-state index in [9.17, 15) is 0 Å². The molecule has 1 heterocycles. The van der Waals surface area contributed by atoms with Gasteiger partial charge in [0.1, 0.15) is 11.8 Å². The molecule has 90 valence electrons. The number of aromatic nitrogens is 1. The van der Waals surface area contributed by atoms with Gasteiger partial charge in [-0.3, -0.25) is 0 Å². The van der Waals surface area contributed by atoms with Crippen LogP contribution >= 0.6 is 0 Å². The Hall–Kier alpha value is -2.38. The lowest BCUT2D eigenvalue weighted by molar-refractivity contribution is 0.107. The van der Waals surface area contributed by atoms with Crippen LogP contribution in [0.25, 0.3) is 0 Å². The van der Waals surface area contributed by atoms with Crippen molar-refractivity contribution in [2.45, 2.75) is 13.2 Å². The first-order valence-corrected chi connectivity index (χ1v) is 5.55. The Morgan fingerprint density at radius 1 is 1.11 bits per heavy atom. The Bertz CT molecular complexity index is 558. The van der Waals surface area contributed by atoms with Gasteiger partial charge in [-0.15, -0.1) is 0 Å². The zero-order valence-electron chi connectivity index (χ0n) is 9.84. The Balaban J connectivity index is 1.88. The molecule has 1 aromatic heterocycles. The fraction of sp³-hybridized carbons (Fsp3) is 0.143. The summed E-state index contributed by atoms with van der Waals surface area (Å²) in [6, 6.07) is 13.1. The monoisotopic (exact) mass is 239 g/mol. The second kappa shape index (κ2) is 5.80. The third-order valence-electron chi connectivity index (χ3n) is 2.46. The van der Waals surface area contributed by atoms with Crippen molar-refractivity contribution in [1.82, 2.24) is 4.98 Å². The quantitative estimate of drug-likeness (QED) is 0.830. The predicted octanol–water partition coefficient (Wildman–Crippen LogP) is 2.25. The van der Waals surface area contributed by atoms with Crippen LogP contribution in [0.5, 0.6) is 0 Å². The molecule has 2 rings (SSSR count). The Kier molecular flexibility index (Phi) is 3.90. The van der Waals surface area contributed by atoms with Crippen LogP contribution in [-0.4, -0.2) is 4.98 Å². The average molecular weight is 239 g/mol. The van der Waals surface area contributed by atoms with Crippen LogP contribution in [0.2, 0.25) is 0 Å². The first-order chi connectivity index (χ1) is 8.78. The first-order valence-electron chi connectivity index (χ1n) is 5.55. The van der Waals surface area contributed by atoms with Crippen LogP contribution in [0.1, 0.15) is 16.8 Å². The van der Waals surface area contributed by atoms with Crippen LogP contribution in [0, 0.1) is 11.3 Å². The smallest absolute Gasteiger partial charge is 0.140 e. The standard InChI is InChI=1S/C14H13N3O/c15-8-14-7-12(5-6-17-14)10-18-9-11-1-3-13(16)4-2-11/h1-7H,9-10,16H2. The fourth-order valence-corrected chi connectivity index (χ4v) is 1.53. The van der Waals surface area contributed by atoms with Gasteiger partial charge in [-0.1, -0.05) is 12.1 Å². The second-order valence-electron chi connectivity index (χ2n) is 3.90. The van der Waals surface area contributed by atoms with E-state index in [-0.39, 0.29) is 0 Å². The van der Waals surface area contributed by atoms with Gasteiger partial charge in [-0.25, -0.2) is 4.98 Å². The number of hydrogen-bond acceptors (Lipinski definition) is 4. The molecule has 4 nitrogen and oxygen atoms in total. The van der Waals surface area contributed by atoms with Crippen molar-refractivity contribution in [2.75, 3.05) is 5.73 Å². The molecule has 0 aliphatic carbocycles. The van der Waals surface area contributed by atoms with Crippen molar-refractivity contribution in [3.63, 3.8) is 0 Å². The summed E-state index contributed by atoms with van der Waals surface area (Å²) in [5.74, 6) is 0. The first kappa shape index (κ1) is 12.1. The molecule has 0 spiro atoms. The number of ether oxygens (including phenoxy) is 1. The highest BCUT2D eigenvalue weighted by molar-refractivity contribution is 5.39. The molecule has 0 amide bonds. The Labute approximate surface area is 106 Å². The van der Waals surface area contributed by atoms with Gasteiger partial charge in [0.05, 0.1) is 13.2 Å². The summed E-state index contributed by atoms with van der Waals surface area (Å²) in [7, 11) is 0. The van der Waals surface area contributed by atoms with Gasteiger partial charge in [0.2, 0.25) is 0 Å². The van der Waals surface area contributed by atoms with Crippen molar-refractivity contribution in [2.24, 2.45) is 0 Å². The number of hydrogen-bond donors (Lipinski definition) is 1. The van der Waals surface area contributed by atoms with Crippen LogP contribution in [0.15, 0.2) is 42.6 Å². The number of nitrogens with two attached hydrogens (primary N) is 1. The topological polar surface area (TPSA) is 71.9 Å². The van der Waals surface area contributed by atoms with Gasteiger partial charge >= 0.3 is 0 Å². The minimum absolute atomic E-state index is 0.406. The molecular weight excluding hydrogens is 226 g/mol. The summed E-state index contributed by atoms with van der Waals surface area (Å²) in [4.78, 5) is 3.90. The number of nitrogens with zero attached hydrogens (tertiary/aromatic N) is 2.